The van der Waals surface area contributed by atoms with E-state index in [1.807, 2.05) is 0 Å². The maximum atomic E-state index is 12.7. The summed E-state index contributed by atoms with van der Waals surface area (Å²) in [5.74, 6) is 0. The van der Waals surface area contributed by atoms with E-state index in [1.165, 1.54) is 21.8 Å². The predicted octanol–water partition coefficient (Wildman–Crippen LogP) is 1.62. The fourth-order valence-corrected chi connectivity index (χ4v) is 4.54. The second-order valence-electron chi connectivity index (χ2n) is 8.08. The summed E-state index contributed by atoms with van der Waals surface area (Å²) in [4.78, 5) is 28.6. The SMILES string of the molecule is O=c1[nH]c(=O)n([C@@H]2O[C@H](CO)[C@@H](OC3CCCCO3)[C@@H]2OC2CCCCO2)cc1/C=C/Br. The first kappa shape index (κ1) is 23.8. The largest absolute Gasteiger partial charge is 0.394 e. The maximum absolute atomic E-state index is 12.7. The van der Waals surface area contributed by atoms with Gasteiger partial charge >= 0.3 is 5.69 Å². The van der Waals surface area contributed by atoms with Crippen molar-refractivity contribution in [1.29, 1.82) is 0 Å². The summed E-state index contributed by atoms with van der Waals surface area (Å²) in [5.41, 5.74) is -0.899. The van der Waals surface area contributed by atoms with Crippen LogP contribution < -0.4 is 11.2 Å². The van der Waals surface area contributed by atoms with Crippen LogP contribution in [0.25, 0.3) is 6.08 Å². The van der Waals surface area contributed by atoms with Gasteiger partial charge in [-0.2, -0.15) is 0 Å². The van der Waals surface area contributed by atoms with Crippen molar-refractivity contribution in [3.63, 3.8) is 0 Å². The number of hydrogen-bond donors (Lipinski definition) is 2. The minimum absolute atomic E-state index is 0.262. The number of ether oxygens (including phenoxy) is 5. The fourth-order valence-electron chi connectivity index (χ4n) is 4.25. The molecule has 0 spiro atoms. The van der Waals surface area contributed by atoms with Crippen LogP contribution in [0.1, 0.15) is 50.3 Å². The molecule has 10 nitrogen and oxygen atoms in total. The molecule has 3 aliphatic rings. The second kappa shape index (κ2) is 11.2. The molecule has 178 valence electrons. The van der Waals surface area contributed by atoms with Gasteiger partial charge in [0.1, 0.15) is 18.3 Å². The number of rotatable bonds is 7. The van der Waals surface area contributed by atoms with Crippen LogP contribution >= 0.6 is 15.9 Å². The molecular weight excluding hydrogens is 488 g/mol. The first-order valence-electron chi connectivity index (χ1n) is 11.0. The number of aromatic amines is 1. The third kappa shape index (κ3) is 5.41. The van der Waals surface area contributed by atoms with E-state index in [9.17, 15) is 14.7 Å². The van der Waals surface area contributed by atoms with Crippen LogP contribution in [0.3, 0.4) is 0 Å². The molecular formula is C21H29BrN2O8. The van der Waals surface area contributed by atoms with Gasteiger partial charge in [-0.25, -0.2) is 4.79 Å². The van der Waals surface area contributed by atoms with Gasteiger partial charge in [0.2, 0.25) is 0 Å². The summed E-state index contributed by atoms with van der Waals surface area (Å²) in [6.07, 6.45) is 4.20. The molecule has 1 aromatic heterocycles. The summed E-state index contributed by atoms with van der Waals surface area (Å²) in [5, 5.41) is 10.0. The molecule has 0 radical (unpaired) electrons. The van der Waals surface area contributed by atoms with Gasteiger partial charge in [-0.1, -0.05) is 15.9 Å². The number of nitrogens with zero attached hydrogens (tertiary/aromatic N) is 1. The van der Waals surface area contributed by atoms with Crippen LogP contribution in [0.5, 0.6) is 0 Å². The van der Waals surface area contributed by atoms with Crippen LogP contribution in [0.4, 0.5) is 0 Å². The molecule has 3 fully saturated rings. The van der Waals surface area contributed by atoms with E-state index in [2.05, 4.69) is 20.9 Å². The average molecular weight is 517 g/mol. The number of halogens is 1. The van der Waals surface area contributed by atoms with Crippen molar-refractivity contribution in [2.24, 2.45) is 0 Å². The zero-order valence-corrected chi connectivity index (χ0v) is 19.3. The van der Waals surface area contributed by atoms with Crippen molar-refractivity contribution in [1.82, 2.24) is 9.55 Å². The van der Waals surface area contributed by atoms with E-state index in [0.717, 1.165) is 32.1 Å². The molecule has 4 heterocycles. The Morgan fingerprint density at radius 1 is 1.09 bits per heavy atom. The van der Waals surface area contributed by atoms with Gasteiger partial charge in [0.15, 0.2) is 18.8 Å². The minimum Gasteiger partial charge on any atom is -0.394 e. The highest BCUT2D eigenvalue weighted by molar-refractivity contribution is 9.11. The van der Waals surface area contributed by atoms with E-state index in [4.69, 9.17) is 23.7 Å². The van der Waals surface area contributed by atoms with Crippen molar-refractivity contribution in [3.05, 3.63) is 37.6 Å². The maximum Gasteiger partial charge on any atom is 0.330 e. The molecule has 0 saturated carbocycles. The van der Waals surface area contributed by atoms with Crippen LogP contribution in [0.15, 0.2) is 20.8 Å². The predicted molar refractivity (Wildman–Crippen MR) is 117 cm³/mol. The first-order chi connectivity index (χ1) is 15.6. The lowest BCUT2D eigenvalue weighted by atomic mass is 10.1. The molecule has 0 aliphatic carbocycles. The lowest BCUT2D eigenvalue weighted by Crippen LogP contribution is -2.45. The van der Waals surface area contributed by atoms with E-state index in [0.29, 0.717) is 19.6 Å². The molecule has 32 heavy (non-hydrogen) atoms. The Bertz CT molecular complexity index is 891. The number of H-pyrrole nitrogens is 1. The highest BCUT2D eigenvalue weighted by Crippen LogP contribution is 2.36. The van der Waals surface area contributed by atoms with Gasteiger partial charge < -0.3 is 28.8 Å². The third-order valence-corrected chi connectivity index (χ3v) is 6.14. The highest BCUT2D eigenvalue weighted by atomic mass is 79.9. The lowest BCUT2D eigenvalue weighted by Gasteiger charge is -2.33. The Kier molecular flexibility index (Phi) is 8.32. The van der Waals surface area contributed by atoms with Gasteiger partial charge in [0, 0.05) is 19.4 Å². The summed E-state index contributed by atoms with van der Waals surface area (Å²) in [6.45, 7) is 0.859. The molecule has 0 amide bonds. The summed E-state index contributed by atoms with van der Waals surface area (Å²) in [7, 11) is 0. The van der Waals surface area contributed by atoms with Gasteiger partial charge in [0.05, 0.1) is 12.2 Å². The summed E-state index contributed by atoms with van der Waals surface area (Å²) in [6, 6.07) is 0. The van der Waals surface area contributed by atoms with Crippen LogP contribution in [0.2, 0.25) is 0 Å². The minimum atomic E-state index is -0.932. The topological polar surface area (TPSA) is 121 Å². The quantitative estimate of drug-likeness (QED) is 0.560. The van der Waals surface area contributed by atoms with Crippen molar-refractivity contribution < 1.29 is 28.8 Å². The van der Waals surface area contributed by atoms with E-state index >= 15 is 0 Å². The molecule has 0 bridgehead atoms. The zero-order chi connectivity index (χ0) is 22.5. The van der Waals surface area contributed by atoms with E-state index in [-0.39, 0.29) is 12.2 Å². The number of aliphatic hydroxyl groups excluding tert-OH is 1. The van der Waals surface area contributed by atoms with Gasteiger partial charge in [-0.15, -0.1) is 0 Å². The number of aromatic nitrogens is 2. The molecule has 6 atom stereocenters. The Hall–Kier alpha value is -1.34. The Labute approximate surface area is 193 Å². The molecule has 2 unspecified atom stereocenters. The number of hydrogen-bond acceptors (Lipinski definition) is 8. The first-order valence-corrected chi connectivity index (χ1v) is 11.9. The molecule has 4 rings (SSSR count). The van der Waals surface area contributed by atoms with Gasteiger partial charge in [0.25, 0.3) is 5.56 Å². The number of aliphatic hydroxyl groups is 1. The normalized spacial score (nSPS) is 33.7. The van der Waals surface area contributed by atoms with Crippen molar-refractivity contribution in [2.75, 3.05) is 19.8 Å². The standard InChI is InChI=1S/C21H29BrN2O8/c22-8-7-13-11-24(21(27)23-19(13)26)20-18(32-16-6-2-4-10-29-16)17(14(12-25)30-20)31-15-5-1-3-9-28-15/h7-8,11,14-18,20,25H,1-6,9-10,12H2,(H,23,26,27)/b8-7+/t14-,15?,16?,17-,18+,20-/m1/s1. The molecule has 2 N–H and O–H groups in total. The third-order valence-electron chi connectivity index (χ3n) is 5.87. The van der Waals surface area contributed by atoms with Crippen molar-refractivity contribution >= 4 is 22.0 Å². The van der Waals surface area contributed by atoms with E-state index < -0.39 is 48.4 Å². The Morgan fingerprint density at radius 2 is 1.75 bits per heavy atom. The van der Waals surface area contributed by atoms with Crippen molar-refractivity contribution in [3.8, 4) is 0 Å². The Balaban J connectivity index is 1.66. The lowest BCUT2D eigenvalue weighted by molar-refractivity contribution is -0.248. The van der Waals surface area contributed by atoms with Gasteiger partial charge in [-0.05, 0) is 49.6 Å². The Morgan fingerprint density at radius 3 is 2.31 bits per heavy atom. The fraction of sp³-hybridized carbons (Fsp3) is 0.714. The second-order valence-corrected chi connectivity index (χ2v) is 8.61. The van der Waals surface area contributed by atoms with Crippen LogP contribution in [0, 0.1) is 0 Å². The smallest absolute Gasteiger partial charge is 0.330 e. The molecule has 3 saturated heterocycles. The summed E-state index contributed by atoms with van der Waals surface area (Å²) < 4.78 is 31.3. The molecule has 0 aromatic carbocycles. The monoisotopic (exact) mass is 516 g/mol. The van der Waals surface area contributed by atoms with Crippen molar-refractivity contribution in [2.45, 2.75) is 75.6 Å². The van der Waals surface area contributed by atoms with E-state index in [1.54, 1.807) is 0 Å². The van der Waals surface area contributed by atoms with Crippen LogP contribution in [-0.2, 0) is 23.7 Å². The highest BCUT2D eigenvalue weighted by Gasteiger charge is 2.49. The average Bonchev–Trinajstić information content (AvgIpc) is 3.14. The van der Waals surface area contributed by atoms with Crippen LogP contribution in [-0.4, -0.2) is 65.4 Å². The molecule has 11 heteroatoms. The van der Waals surface area contributed by atoms with Gasteiger partial charge in [-0.3, -0.25) is 14.3 Å². The zero-order valence-electron chi connectivity index (χ0n) is 17.7. The molecule has 1 aromatic rings. The number of nitrogens with one attached hydrogen (secondary N) is 1. The summed E-state index contributed by atoms with van der Waals surface area (Å²) >= 11 is 3.15. The molecule has 3 aliphatic heterocycles.